The Labute approximate surface area is 160 Å². The fraction of sp³-hybridized carbons (Fsp3) is 0.533. The first kappa shape index (κ1) is 19.6. The molecule has 0 unspecified atom stereocenters. The minimum Gasteiger partial charge on any atom is -0.451 e. The van der Waals surface area contributed by atoms with E-state index in [4.69, 9.17) is 51.1 Å². The molecule has 132 valence electrons. The molecular formula is C15H16Cl4N2O3. The average Bonchev–Trinajstić information content (AvgIpc) is 2.52. The number of pyridine rings is 1. The van der Waals surface area contributed by atoms with E-state index in [0.29, 0.717) is 24.9 Å². The Balaban J connectivity index is 2.02. The highest BCUT2D eigenvalue weighted by atomic mass is 35.5. The Kier molecular flexibility index (Phi) is 6.59. The molecule has 0 aliphatic carbocycles. The molecule has 0 radical (unpaired) electrons. The lowest BCUT2D eigenvalue weighted by Gasteiger charge is -2.34. The highest BCUT2D eigenvalue weighted by Crippen LogP contribution is 2.36. The molecule has 1 fully saturated rings. The van der Waals surface area contributed by atoms with E-state index in [2.05, 4.69) is 18.8 Å². The van der Waals surface area contributed by atoms with Crippen molar-refractivity contribution >= 4 is 58.3 Å². The van der Waals surface area contributed by atoms with Crippen LogP contribution in [0.3, 0.4) is 0 Å². The molecule has 1 aliphatic rings. The topological polar surface area (TPSA) is 59.5 Å². The summed E-state index contributed by atoms with van der Waals surface area (Å²) in [6, 6.07) is 0. The molecule has 1 aliphatic heterocycles. The Morgan fingerprint density at radius 3 is 2.25 bits per heavy atom. The van der Waals surface area contributed by atoms with Crippen molar-refractivity contribution in [2.75, 3.05) is 19.7 Å². The zero-order chi connectivity index (χ0) is 18.0. The molecule has 0 N–H and O–H groups in total. The van der Waals surface area contributed by atoms with Crippen molar-refractivity contribution in [1.82, 2.24) is 9.88 Å². The lowest BCUT2D eigenvalue weighted by Crippen LogP contribution is -2.44. The number of hydrogen-bond acceptors (Lipinski definition) is 4. The molecule has 2 atom stereocenters. The van der Waals surface area contributed by atoms with Gasteiger partial charge in [-0.1, -0.05) is 60.3 Å². The van der Waals surface area contributed by atoms with Gasteiger partial charge in [0.25, 0.3) is 5.91 Å². The van der Waals surface area contributed by atoms with Crippen molar-refractivity contribution in [2.45, 2.75) is 20.3 Å². The first-order valence-corrected chi connectivity index (χ1v) is 8.86. The van der Waals surface area contributed by atoms with Crippen molar-refractivity contribution in [3.8, 4) is 0 Å². The van der Waals surface area contributed by atoms with Crippen molar-refractivity contribution in [1.29, 1.82) is 0 Å². The van der Waals surface area contributed by atoms with E-state index in [9.17, 15) is 9.59 Å². The molecule has 1 saturated heterocycles. The number of piperidine rings is 1. The highest BCUT2D eigenvalue weighted by molar-refractivity contribution is 6.52. The number of rotatable bonds is 3. The summed E-state index contributed by atoms with van der Waals surface area (Å²) in [4.78, 5) is 29.8. The van der Waals surface area contributed by atoms with E-state index in [0.717, 1.165) is 6.42 Å². The fourth-order valence-electron chi connectivity index (χ4n) is 2.78. The number of aromatic nitrogens is 1. The van der Waals surface area contributed by atoms with Crippen LogP contribution in [-0.2, 0) is 9.53 Å². The molecule has 2 rings (SSSR count). The van der Waals surface area contributed by atoms with Crippen LogP contribution in [0.4, 0.5) is 0 Å². The summed E-state index contributed by atoms with van der Waals surface area (Å²) in [5, 5.41) is -0.464. The molecule has 0 aromatic carbocycles. The van der Waals surface area contributed by atoms with Gasteiger partial charge >= 0.3 is 5.97 Å². The molecule has 1 aromatic rings. The summed E-state index contributed by atoms with van der Waals surface area (Å²) in [6.45, 7) is 5.08. The number of carbonyl (C=O) groups excluding carboxylic acids is 2. The first-order chi connectivity index (χ1) is 11.2. The Morgan fingerprint density at radius 2 is 1.67 bits per heavy atom. The van der Waals surface area contributed by atoms with Crippen LogP contribution in [0.2, 0.25) is 20.2 Å². The molecule has 9 heteroatoms. The van der Waals surface area contributed by atoms with Crippen LogP contribution in [0.25, 0.3) is 0 Å². The molecule has 0 spiro atoms. The second-order valence-electron chi connectivity index (χ2n) is 6.01. The monoisotopic (exact) mass is 412 g/mol. The number of hydrogen-bond donors (Lipinski definition) is 0. The normalized spacial score (nSPS) is 20.8. The summed E-state index contributed by atoms with van der Waals surface area (Å²) < 4.78 is 5.01. The molecule has 1 aromatic heterocycles. The third kappa shape index (κ3) is 4.45. The van der Waals surface area contributed by atoms with Crippen LogP contribution in [0.15, 0.2) is 0 Å². The minimum absolute atomic E-state index is 0.0488. The second-order valence-corrected chi connectivity index (χ2v) is 7.51. The SMILES string of the molecule is C[C@@H]1C[C@H](C)CN(C(=O)COC(=O)c2nc(Cl)c(Cl)c(Cl)c2Cl)C1. The van der Waals surface area contributed by atoms with Crippen molar-refractivity contribution in [3.63, 3.8) is 0 Å². The molecule has 0 saturated carbocycles. The summed E-state index contributed by atoms with van der Waals surface area (Å²) in [7, 11) is 0. The molecule has 1 amide bonds. The molecule has 5 nitrogen and oxygen atoms in total. The van der Waals surface area contributed by atoms with Gasteiger partial charge in [0, 0.05) is 13.1 Å². The zero-order valence-electron chi connectivity index (χ0n) is 13.1. The maximum atomic E-state index is 12.2. The smallest absolute Gasteiger partial charge is 0.359 e. The maximum Gasteiger partial charge on any atom is 0.359 e. The number of nitrogens with zero attached hydrogens (tertiary/aromatic N) is 2. The average molecular weight is 414 g/mol. The highest BCUT2D eigenvalue weighted by Gasteiger charge is 2.27. The number of ether oxygens (including phenoxy) is 1. The standard InChI is InChI=1S/C15H16Cl4N2O3/c1-7-3-8(2)5-21(4-7)9(22)6-24-15(23)13-11(17)10(16)12(18)14(19)20-13/h7-8H,3-6H2,1-2H3/t7-,8+. The Morgan fingerprint density at radius 1 is 1.08 bits per heavy atom. The predicted molar refractivity (Wildman–Crippen MR) is 94.1 cm³/mol. The first-order valence-electron chi connectivity index (χ1n) is 7.35. The van der Waals surface area contributed by atoms with Crippen LogP contribution in [-0.4, -0.2) is 41.5 Å². The largest absolute Gasteiger partial charge is 0.451 e. The van der Waals surface area contributed by atoms with E-state index in [1.165, 1.54) is 0 Å². The Hall–Kier alpha value is -0.750. The summed E-state index contributed by atoms with van der Waals surface area (Å²) in [5.41, 5.74) is -0.274. The van der Waals surface area contributed by atoms with Crippen molar-refractivity contribution in [2.24, 2.45) is 11.8 Å². The van der Waals surface area contributed by atoms with Gasteiger partial charge in [-0.05, 0) is 18.3 Å². The second kappa shape index (κ2) is 8.09. The number of amides is 1. The number of likely N-dealkylation sites (tertiary alicyclic amines) is 1. The van der Waals surface area contributed by atoms with Gasteiger partial charge in [-0.25, -0.2) is 9.78 Å². The van der Waals surface area contributed by atoms with Gasteiger partial charge in [0.15, 0.2) is 12.3 Å². The Bertz CT molecular complexity index is 659. The van der Waals surface area contributed by atoms with E-state index in [-0.39, 0.29) is 31.8 Å². The van der Waals surface area contributed by atoms with Gasteiger partial charge in [0.1, 0.15) is 5.15 Å². The molecular weight excluding hydrogens is 398 g/mol. The van der Waals surface area contributed by atoms with Gasteiger partial charge in [-0.2, -0.15) is 0 Å². The predicted octanol–water partition coefficient (Wildman–Crippen LogP) is 4.36. The van der Waals surface area contributed by atoms with E-state index >= 15 is 0 Å². The lowest BCUT2D eigenvalue weighted by molar-refractivity contribution is -0.137. The van der Waals surface area contributed by atoms with Crippen LogP contribution < -0.4 is 0 Å². The third-order valence-corrected chi connectivity index (χ3v) is 5.40. The van der Waals surface area contributed by atoms with E-state index in [1.54, 1.807) is 4.90 Å². The number of carbonyl (C=O) groups is 2. The van der Waals surface area contributed by atoms with Crippen LogP contribution in [0.5, 0.6) is 0 Å². The molecule has 0 bridgehead atoms. The van der Waals surface area contributed by atoms with Gasteiger partial charge in [-0.3, -0.25) is 4.79 Å². The number of esters is 1. The van der Waals surface area contributed by atoms with Crippen LogP contribution in [0, 0.1) is 11.8 Å². The zero-order valence-corrected chi connectivity index (χ0v) is 16.1. The third-order valence-electron chi connectivity index (χ3n) is 3.73. The summed E-state index contributed by atoms with van der Waals surface area (Å²) in [6.07, 6.45) is 1.07. The quantitative estimate of drug-likeness (QED) is 0.545. The van der Waals surface area contributed by atoms with Gasteiger partial charge < -0.3 is 9.64 Å². The summed E-state index contributed by atoms with van der Waals surface area (Å²) >= 11 is 23.4. The van der Waals surface area contributed by atoms with Crippen molar-refractivity contribution < 1.29 is 14.3 Å². The van der Waals surface area contributed by atoms with Gasteiger partial charge in [-0.15, -0.1) is 0 Å². The fourth-order valence-corrected chi connectivity index (χ4v) is 3.58. The summed E-state index contributed by atoms with van der Waals surface area (Å²) in [5.74, 6) is -0.312. The van der Waals surface area contributed by atoms with Crippen LogP contribution in [0.1, 0.15) is 30.8 Å². The van der Waals surface area contributed by atoms with Gasteiger partial charge in [0.05, 0.1) is 15.1 Å². The number of halogens is 4. The van der Waals surface area contributed by atoms with E-state index in [1.807, 2.05) is 0 Å². The molecule has 24 heavy (non-hydrogen) atoms. The lowest BCUT2D eigenvalue weighted by atomic mass is 9.92. The minimum atomic E-state index is -0.882. The van der Waals surface area contributed by atoms with E-state index < -0.39 is 12.6 Å². The van der Waals surface area contributed by atoms with Crippen molar-refractivity contribution in [3.05, 3.63) is 25.9 Å². The maximum absolute atomic E-state index is 12.2. The molecule has 2 heterocycles. The van der Waals surface area contributed by atoms with Gasteiger partial charge in [0.2, 0.25) is 0 Å². The van der Waals surface area contributed by atoms with Crippen LogP contribution >= 0.6 is 46.4 Å².